The largest absolute Gasteiger partial charge is 0.326 e. The van der Waals surface area contributed by atoms with Gasteiger partial charge in [-0.05, 0) is 55.9 Å². The van der Waals surface area contributed by atoms with Gasteiger partial charge in [0.05, 0.1) is 12.1 Å². The molecule has 1 aliphatic carbocycles. The summed E-state index contributed by atoms with van der Waals surface area (Å²) in [6.07, 6.45) is -0.0388. The molecule has 1 unspecified atom stereocenters. The maximum atomic E-state index is 13.6. The molecule has 7 nitrogen and oxygen atoms in total. The van der Waals surface area contributed by atoms with Gasteiger partial charge in [0, 0.05) is 24.1 Å². The van der Waals surface area contributed by atoms with Crippen LogP contribution in [0, 0.1) is 16.7 Å². The summed E-state index contributed by atoms with van der Waals surface area (Å²) in [5, 5.41) is 2.66. The second-order valence-electron chi connectivity index (χ2n) is 10.8. The molecule has 0 bridgehead atoms. The lowest BCUT2D eigenvalue weighted by Crippen LogP contribution is -2.55. The average Bonchev–Trinajstić information content (AvgIpc) is 2.84. The Labute approximate surface area is 184 Å². The highest BCUT2D eigenvalue weighted by Crippen LogP contribution is 2.69. The molecule has 1 saturated carbocycles. The zero-order chi connectivity index (χ0) is 23.5. The Morgan fingerprint density at radius 1 is 1.03 bits per heavy atom. The van der Waals surface area contributed by atoms with E-state index in [2.05, 4.69) is 33.0 Å². The lowest BCUT2D eigenvalue weighted by Gasteiger charge is -2.39. The first kappa shape index (κ1) is 23.0. The van der Waals surface area contributed by atoms with Gasteiger partial charge in [0.2, 0.25) is 17.7 Å². The first-order chi connectivity index (χ1) is 14.1. The first-order valence-electron chi connectivity index (χ1n) is 10.7. The van der Waals surface area contributed by atoms with E-state index >= 15 is 0 Å². The van der Waals surface area contributed by atoms with Crippen molar-refractivity contribution in [1.82, 2.24) is 4.90 Å². The third kappa shape index (κ3) is 3.75. The zero-order valence-electron chi connectivity index (χ0n) is 19.7. The van der Waals surface area contributed by atoms with Crippen molar-refractivity contribution in [2.24, 2.45) is 16.7 Å². The third-order valence-electron chi connectivity index (χ3n) is 7.11. The SMILES string of the molecule is CC(=O)Nc1ccc(N2C(=O)CC(N(C(=O)C3C(C)(C)C3(C)C)C(C)(C)C)C2=O)cc1. The van der Waals surface area contributed by atoms with Gasteiger partial charge in [-0.3, -0.25) is 19.2 Å². The summed E-state index contributed by atoms with van der Waals surface area (Å²) >= 11 is 0. The molecule has 31 heavy (non-hydrogen) atoms. The van der Waals surface area contributed by atoms with Crippen LogP contribution < -0.4 is 10.2 Å². The van der Waals surface area contributed by atoms with Crippen LogP contribution in [-0.2, 0) is 19.2 Å². The fourth-order valence-corrected chi connectivity index (χ4v) is 4.89. The Bertz CT molecular complexity index is 927. The van der Waals surface area contributed by atoms with E-state index in [1.165, 1.54) is 6.92 Å². The quantitative estimate of drug-likeness (QED) is 0.744. The summed E-state index contributed by atoms with van der Waals surface area (Å²) in [5.74, 6) is -1.20. The molecule has 2 fully saturated rings. The second-order valence-corrected chi connectivity index (χ2v) is 10.8. The second kappa shape index (κ2) is 7.18. The zero-order valence-corrected chi connectivity index (χ0v) is 19.7. The molecular formula is C24H33N3O4. The van der Waals surface area contributed by atoms with Crippen LogP contribution in [0.4, 0.5) is 11.4 Å². The molecule has 0 radical (unpaired) electrons. The minimum Gasteiger partial charge on any atom is -0.326 e. The number of hydrogen-bond donors (Lipinski definition) is 1. The summed E-state index contributed by atoms with van der Waals surface area (Å²) in [5.41, 5.74) is 0.0610. The number of benzene rings is 1. The highest BCUT2D eigenvalue weighted by Gasteiger charge is 2.70. The van der Waals surface area contributed by atoms with Crippen LogP contribution in [0.1, 0.15) is 61.8 Å². The van der Waals surface area contributed by atoms with E-state index in [4.69, 9.17) is 0 Å². The Morgan fingerprint density at radius 3 is 1.97 bits per heavy atom. The fraction of sp³-hybridized carbons (Fsp3) is 0.583. The van der Waals surface area contributed by atoms with Gasteiger partial charge in [0.1, 0.15) is 6.04 Å². The summed E-state index contributed by atoms with van der Waals surface area (Å²) in [6, 6.07) is 5.71. The van der Waals surface area contributed by atoms with Crippen LogP contribution in [-0.4, -0.2) is 40.1 Å². The van der Waals surface area contributed by atoms with Crippen LogP contribution in [0.3, 0.4) is 0 Å². The van der Waals surface area contributed by atoms with E-state index in [1.807, 2.05) is 20.8 Å². The maximum Gasteiger partial charge on any atom is 0.257 e. The molecule has 7 heteroatoms. The van der Waals surface area contributed by atoms with Crippen LogP contribution in [0.15, 0.2) is 24.3 Å². The molecule has 1 N–H and O–H groups in total. The van der Waals surface area contributed by atoms with Crippen molar-refractivity contribution in [3.63, 3.8) is 0 Å². The molecule has 0 spiro atoms. The smallest absolute Gasteiger partial charge is 0.257 e. The van der Waals surface area contributed by atoms with Crippen molar-refractivity contribution >= 4 is 35.0 Å². The summed E-state index contributed by atoms with van der Waals surface area (Å²) in [4.78, 5) is 53.8. The maximum absolute atomic E-state index is 13.6. The normalized spacial score (nSPS) is 22.5. The van der Waals surface area contributed by atoms with E-state index in [0.717, 1.165) is 4.90 Å². The molecule has 2 aliphatic rings. The third-order valence-corrected chi connectivity index (χ3v) is 7.11. The van der Waals surface area contributed by atoms with Gasteiger partial charge in [-0.25, -0.2) is 4.90 Å². The summed E-state index contributed by atoms with van der Waals surface area (Å²) in [7, 11) is 0. The molecule has 4 amide bonds. The number of anilines is 2. The predicted octanol–water partition coefficient (Wildman–Crippen LogP) is 3.59. The molecule has 0 aromatic heterocycles. The van der Waals surface area contributed by atoms with Crippen molar-refractivity contribution in [1.29, 1.82) is 0 Å². The number of amides is 4. The van der Waals surface area contributed by atoms with E-state index in [-0.39, 0.29) is 40.9 Å². The van der Waals surface area contributed by atoms with E-state index in [1.54, 1.807) is 29.2 Å². The minimum absolute atomic E-state index is 0.0388. The Kier molecular flexibility index (Phi) is 5.32. The number of carbonyl (C=O) groups excluding carboxylic acids is 4. The monoisotopic (exact) mass is 427 g/mol. The molecule has 3 rings (SSSR count). The Balaban J connectivity index is 1.90. The van der Waals surface area contributed by atoms with Gasteiger partial charge in [0.15, 0.2) is 0 Å². The van der Waals surface area contributed by atoms with Crippen LogP contribution in [0.5, 0.6) is 0 Å². The molecule has 168 valence electrons. The Hall–Kier alpha value is -2.70. The molecular weight excluding hydrogens is 394 g/mol. The highest BCUT2D eigenvalue weighted by molar-refractivity contribution is 6.23. The summed E-state index contributed by atoms with van der Waals surface area (Å²) < 4.78 is 0. The molecule has 1 atom stereocenters. The van der Waals surface area contributed by atoms with Gasteiger partial charge < -0.3 is 10.2 Å². The van der Waals surface area contributed by atoms with Gasteiger partial charge in [-0.1, -0.05) is 27.7 Å². The molecule has 1 aliphatic heterocycles. The number of rotatable bonds is 4. The van der Waals surface area contributed by atoms with Gasteiger partial charge in [0.25, 0.3) is 5.91 Å². The number of nitrogens with zero attached hydrogens (tertiary/aromatic N) is 2. The van der Waals surface area contributed by atoms with Crippen molar-refractivity contribution in [3.05, 3.63) is 24.3 Å². The fourth-order valence-electron chi connectivity index (χ4n) is 4.89. The van der Waals surface area contributed by atoms with E-state index in [9.17, 15) is 19.2 Å². The lowest BCUT2D eigenvalue weighted by atomic mass is 9.98. The van der Waals surface area contributed by atoms with E-state index in [0.29, 0.717) is 11.4 Å². The topological polar surface area (TPSA) is 86.8 Å². The van der Waals surface area contributed by atoms with Crippen molar-refractivity contribution in [3.8, 4) is 0 Å². The number of hydrogen-bond acceptors (Lipinski definition) is 4. The molecule has 1 heterocycles. The van der Waals surface area contributed by atoms with E-state index < -0.39 is 17.5 Å². The lowest BCUT2D eigenvalue weighted by molar-refractivity contribution is -0.146. The van der Waals surface area contributed by atoms with Gasteiger partial charge >= 0.3 is 0 Å². The average molecular weight is 428 g/mol. The Morgan fingerprint density at radius 2 is 1.55 bits per heavy atom. The number of carbonyl (C=O) groups is 4. The standard InChI is InChI=1S/C24H33N3O4/c1-14(28)25-15-9-11-16(12-10-15)26-18(29)13-17(20(26)30)27(22(2,3)4)21(31)19-23(5,6)24(19,7)8/h9-12,17,19H,13H2,1-8H3,(H,25,28). The predicted molar refractivity (Wildman–Crippen MR) is 119 cm³/mol. The first-order valence-corrected chi connectivity index (χ1v) is 10.7. The van der Waals surface area contributed by atoms with Crippen molar-refractivity contribution in [2.75, 3.05) is 10.2 Å². The summed E-state index contributed by atoms with van der Waals surface area (Å²) in [6.45, 7) is 15.4. The molecule has 1 aromatic rings. The van der Waals surface area contributed by atoms with Crippen molar-refractivity contribution < 1.29 is 19.2 Å². The highest BCUT2D eigenvalue weighted by atomic mass is 16.2. The number of nitrogens with one attached hydrogen (secondary N) is 1. The minimum atomic E-state index is -0.831. The molecule has 1 aromatic carbocycles. The van der Waals surface area contributed by atoms with Crippen molar-refractivity contribution in [2.45, 2.75) is 73.4 Å². The number of imide groups is 1. The molecule has 1 saturated heterocycles. The van der Waals surface area contributed by atoms with Crippen LogP contribution >= 0.6 is 0 Å². The van der Waals surface area contributed by atoms with Gasteiger partial charge in [-0.2, -0.15) is 0 Å². The van der Waals surface area contributed by atoms with Crippen LogP contribution in [0.25, 0.3) is 0 Å². The van der Waals surface area contributed by atoms with Crippen LogP contribution in [0.2, 0.25) is 0 Å². The van der Waals surface area contributed by atoms with Gasteiger partial charge in [-0.15, -0.1) is 0 Å².